The molecule has 3 aromatic rings. The highest BCUT2D eigenvalue weighted by Crippen LogP contribution is 2.30. The summed E-state index contributed by atoms with van der Waals surface area (Å²) in [5.41, 5.74) is 2.56. The lowest BCUT2D eigenvalue weighted by atomic mass is 10.2. The van der Waals surface area contributed by atoms with Crippen molar-refractivity contribution in [1.29, 1.82) is 0 Å². The van der Waals surface area contributed by atoms with Crippen molar-refractivity contribution in [2.24, 2.45) is 0 Å². The zero-order valence-corrected chi connectivity index (χ0v) is 12.2. The molecule has 0 saturated carbocycles. The number of fused-ring (bicyclic) bond motifs is 3. The summed E-state index contributed by atoms with van der Waals surface area (Å²) < 4.78 is 2.37. The molecule has 0 atom stereocenters. The molecule has 0 aliphatic heterocycles. The Morgan fingerprint density at radius 1 is 1.00 bits per heavy atom. The molecule has 0 saturated heterocycles. The van der Waals surface area contributed by atoms with Crippen LogP contribution in [0.15, 0.2) is 42.7 Å². The molecule has 0 amide bonds. The second kappa shape index (κ2) is 5.87. The van der Waals surface area contributed by atoms with Gasteiger partial charge in [-0.25, -0.2) is 0 Å². The van der Waals surface area contributed by atoms with Crippen LogP contribution in [0.2, 0.25) is 0 Å². The molecule has 3 rings (SSSR count). The molecule has 2 heterocycles. The average molecular weight is 254 g/mol. The highest BCUT2D eigenvalue weighted by molar-refractivity contribution is 6.07. The van der Waals surface area contributed by atoms with Crippen LogP contribution in [0.5, 0.6) is 0 Å². The Kier molecular flexibility index (Phi) is 4.20. The molecular formula is C17H22N2. The Morgan fingerprint density at radius 3 is 2.32 bits per heavy atom. The Labute approximate surface area is 115 Å². The predicted molar refractivity (Wildman–Crippen MR) is 83.6 cm³/mol. The minimum Gasteiger partial charge on any atom is -0.338 e. The van der Waals surface area contributed by atoms with E-state index in [9.17, 15) is 0 Å². The van der Waals surface area contributed by atoms with Gasteiger partial charge in [0.05, 0.1) is 5.52 Å². The fraction of sp³-hybridized carbons (Fsp3) is 0.353. The van der Waals surface area contributed by atoms with Gasteiger partial charge >= 0.3 is 0 Å². The molecule has 19 heavy (non-hydrogen) atoms. The van der Waals surface area contributed by atoms with E-state index in [0.29, 0.717) is 6.04 Å². The van der Waals surface area contributed by atoms with Crippen LogP contribution in [-0.4, -0.2) is 9.55 Å². The second-order valence-electron chi connectivity index (χ2n) is 5.08. The lowest BCUT2D eigenvalue weighted by molar-refractivity contribution is 0.642. The lowest BCUT2D eigenvalue weighted by Gasteiger charge is -2.10. The minimum atomic E-state index is 0.463. The average Bonchev–Trinajstić information content (AvgIpc) is 2.74. The number of para-hydroxylation sites is 1. The maximum absolute atomic E-state index is 4.22. The molecule has 0 aliphatic rings. The Bertz CT molecular complexity index is 612. The molecule has 0 fully saturated rings. The SMILES string of the molecule is CC(C)n1c2ccccc2c2cnccc21.CCC. The maximum atomic E-state index is 4.22. The van der Waals surface area contributed by atoms with Crippen molar-refractivity contribution in [2.75, 3.05) is 0 Å². The third-order valence-corrected chi connectivity index (χ3v) is 3.03. The smallest absolute Gasteiger partial charge is 0.0524 e. The first-order valence-electron chi connectivity index (χ1n) is 7.03. The third-order valence-electron chi connectivity index (χ3n) is 3.03. The number of nitrogens with zero attached hydrogens (tertiary/aromatic N) is 2. The maximum Gasteiger partial charge on any atom is 0.0524 e. The van der Waals surface area contributed by atoms with E-state index in [1.807, 2.05) is 12.4 Å². The molecule has 0 aliphatic carbocycles. The molecular weight excluding hydrogens is 232 g/mol. The van der Waals surface area contributed by atoms with Crippen LogP contribution in [0.4, 0.5) is 0 Å². The van der Waals surface area contributed by atoms with Crippen molar-refractivity contribution in [3.63, 3.8) is 0 Å². The van der Waals surface area contributed by atoms with Crippen LogP contribution < -0.4 is 0 Å². The van der Waals surface area contributed by atoms with Gasteiger partial charge in [-0.15, -0.1) is 0 Å². The van der Waals surface area contributed by atoms with Crippen LogP contribution in [0, 0.1) is 0 Å². The van der Waals surface area contributed by atoms with Crippen LogP contribution in [-0.2, 0) is 0 Å². The fourth-order valence-corrected chi connectivity index (χ4v) is 2.40. The van der Waals surface area contributed by atoms with Crippen molar-refractivity contribution in [1.82, 2.24) is 9.55 Å². The zero-order valence-electron chi connectivity index (χ0n) is 12.2. The summed E-state index contributed by atoms with van der Waals surface area (Å²) in [7, 11) is 0. The second-order valence-corrected chi connectivity index (χ2v) is 5.08. The standard InChI is InChI=1S/C14H14N2.C3H8/c1-10(2)16-13-6-4-3-5-11(13)12-9-15-8-7-14(12)16;1-3-2/h3-10H,1-2H3;3H2,1-2H3. The van der Waals surface area contributed by atoms with Crippen LogP contribution in [0.3, 0.4) is 0 Å². The number of pyridine rings is 1. The summed E-state index contributed by atoms with van der Waals surface area (Å²) >= 11 is 0. The van der Waals surface area contributed by atoms with Gasteiger partial charge in [-0.2, -0.15) is 0 Å². The van der Waals surface area contributed by atoms with Crippen LogP contribution in [0.25, 0.3) is 21.8 Å². The monoisotopic (exact) mass is 254 g/mol. The first-order valence-corrected chi connectivity index (χ1v) is 7.03. The van der Waals surface area contributed by atoms with Crippen molar-refractivity contribution >= 4 is 21.8 Å². The highest BCUT2D eigenvalue weighted by Gasteiger charge is 2.11. The summed E-state index contributed by atoms with van der Waals surface area (Å²) in [5.74, 6) is 0. The summed E-state index contributed by atoms with van der Waals surface area (Å²) in [6.07, 6.45) is 5.07. The van der Waals surface area contributed by atoms with Gasteiger partial charge in [0, 0.05) is 34.7 Å². The van der Waals surface area contributed by atoms with E-state index in [4.69, 9.17) is 0 Å². The van der Waals surface area contributed by atoms with E-state index < -0.39 is 0 Å². The summed E-state index contributed by atoms with van der Waals surface area (Å²) in [6.45, 7) is 8.68. The molecule has 1 aromatic carbocycles. The highest BCUT2D eigenvalue weighted by atomic mass is 15.0. The van der Waals surface area contributed by atoms with Gasteiger partial charge in [-0.05, 0) is 26.0 Å². The third kappa shape index (κ3) is 2.48. The Hall–Kier alpha value is -1.83. The van der Waals surface area contributed by atoms with E-state index in [-0.39, 0.29) is 0 Å². The Morgan fingerprint density at radius 2 is 1.63 bits per heavy atom. The summed E-state index contributed by atoms with van der Waals surface area (Å²) in [6, 6.07) is 11.1. The van der Waals surface area contributed by atoms with Gasteiger partial charge in [0.2, 0.25) is 0 Å². The molecule has 0 radical (unpaired) electrons. The van der Waals surface area contributed by atoms with E-state index in [2.05, 4.69) is 67.6 Å². The van der Waals surface area contributed by atoms with Gasteiger partial charge < -0.3 is 4.57 Å². The van der Waals surface area contributed by atoms with Gasteiger partial charge in [0.15, 0.2) is 0 Å². The first-order chi connectivity index (χ1) is 9.20. The van der Waals surface area contributed by atoms with Gasteiger partial charge in [0.25, 0.3) is 0 Å². The first kappa shape index (κ1) is 13.6. The summed E-state index contributed by atoms with van der Waals surface area (Å²) in [5, 5.41) is 2.53. The van der Waals surface area contributed by atoms with Crippen molar-refractivity contribution in [2.45, 2.75) is 40.2 Å². The predicted octanol–water partition coefficient (Wildman–Crippen LogP) is 5.19. The molecule has 2 nitrogen and oxygen atoms in total. The van der Waals surface area contributed by atoms with E-state index in [1.165, 1.54) is 28.2 Å². The van der Waals surface area contributed by atoms with Gasteiger partial charge in [-0.1, -0.05) is 38.5 Å². The zero-order chi connectivity index (χ0) is 13.8. The number of hydrogen-bond acceptors (Lipinski definition) is 1. The van der Waals surface area contributed by atoms with E-state index in [0.717, 1.165) is 0 Å². The largest absolute Gasteiger partial charge is 0.338 e. The van der Waals surface area contributed by atoms with Crippen LogP contribution >= 0.6 is 0 Å². The quantitative estimate of drug-likeness (QED) is 0.584. The van der Waals surface area contributed by atoms with E-state index >= 15 is 0 Å². The number of rotatable bonds is 1. The molecule has 0 N–H and O–H groups in total. The molecule has 0 bridgehead atoms. The molecule has 2 aromatic heterocycles. The molecule has 2 heteroatoms. The number of hydrogen-bond donors (Lipinski definition) is 0. The normalized spacial score (nSPS) is 10.8. The molecule has 0 spiro atoms. The summed E-state index contributed by atoms with van der Waals surface area (Å²) in [4.78, 5) is 4.22. The van der Waals surface area contributed by atoms with Crippen LogP contribution in [0.1, 0.15) is 40.2 Å². The fourth-order valence-electron chi connectivity index (χ4n) is 2.40. The topological polar surface area (TPSA) is 17.8 Å². The molecule has 0 unspecified atom stereocenters. The minimum absolute atomic E-state index is 0.463. The Balaban J connectivity index is 0.000000408. The van der Waals surface area contributed by atoms with Gasteiger partial charge in [0.1, 0.15) is 0 Å². The van der Waals surface area contributed by atoms with Crippen molar-refractivity contribution in [3.05, 3.63) is 42.7 Å². The van der Waals surface area contributed by atoms with Gasteiger partial charge in [-0.3, -0.25) is 4.98 Å². The lowest BCUT2D eigenvalue weighted by Crippen LogP contribution is -1.99. The number of aromatic nitrogens is 2. The van der Waals surface area contributed by atoms with E-state index in [1.54, 1.807) is 0 Å². The van der Waals surface area contributed by atoms with Crippen molar-refractivity contribution < 1.29 is 0 Å². The van der Waals surface area contributed by atoms with Crippen molar-refractivity contribution in [3.8, 4) is 0 Å². The number of benzene rings is 1. The molecule has 100 valence electrons.